The Labute approximate surface area is 269 Å². The molecule has 24 heteroatoms. The van der Waals surface area contributed by atoms with Gasteiger partial charge in [0.15, 0.2) is 0 Å². The summed E-state index contributed by atoms with van der Waals surface area (Å²) >= 11 is 0. The molecule has 1 aliphatic carbocycles. The Morgan fingerprint density at radius 2 is 1.87 bits per heavy atom. The molecule has 6 atom stereocenters. The predicted molar refractivity (Wildman–Crippen MR) is 169 cm³/mol. The molecule has 264 valence electrons. The van der Waals surface area contributed by atoms with Crippen LogP contribution in [0.15, 0.2) is 29.2 Å². The second-order valence-corrected chi connectivity index (χ2v) is 22.0. The first kappa shape index (κ1) is 39.2. The molecule has 1 saturated heterocycles. The van der Waals surface area contributed by atoms with Crippen LogP contribution >= 0.6 is 43.3 Å². The molecule has 1 aromatic heterocycles. The fourth-order valence-corrected chi connectivity index (χ4v) is 9.71. The quantitative estimate of drug-likeness (QED) is 0.0649. The second-order valence-electron chi connectivity index (χ2n) is 10.5. The summed E-state index contributed by atoms with van der Waals surface area (Å²) in [7, 11) is -16.9. The molecule has 0 radical (unpaired) electrons. The van der Waals surface area contributed by atoms with E-state index in [1.54, 1.807) is 0 Å². The first-order valence-electron chi connectivity index (χ1n) is 13.7. The summed E-state index contributed by atoms with van der Waals surface area (Å²) in [6.07, 6.45) is 10.1. The van der Waals surface area contributed by atoms with Gasteiger partial charge in [0.1, 0.15) is 30.2 Å². The molecule has 1 aromatic rings. The van der Waals surface area contributed by atoms with Crippen molar-refractivity contribution in [1.82, 2.24) is 14.9 Å². The van der Waals surface area contributed by atoms with Gasteiger partial charge in [-0.05, 0) is 50.7 Å². The molecule has 7 N–H and O–H groups in total. The maximum atomic E-state index is 12.4. The number of phosphoric ester groups is 1. The fraction of sp³-hybridized carbons (Fsp3) is 0.682. The summed E-state index contributed by atoms with van der Waals surface area (Å²) in [6.45, 7) is -0.784. The van der Waals surface area contributed by atoms with Crippen LogP contribution in [0, 0.1) is 0 Å². The van der Waals surface area contributed by atoms with Crippen molar-refractivity contribution in [2.24, 2.45) is 0 Å². The molecule has 46 heavy (non-hydrogen) atoms. The van der Waals surface area contributed by atoms with E-state index in [1.165, 1.54) is 23.1 Å². The van der Waals surface area contributed by atoms with E-state index in [9.17, 15) is 33.1 Å². The Kier molecular flexibility index (Phi) is 14.4. The zero-order valence-corrected chi connectivity index (χ0v) is 29.2. The predicted octanol–water partition coefficient (Wildman–Crippen LogP) is 3.08. The number of aromatic nitrogens is 2. The van der Waals surface area contributed by atoms with Crippen molar-refractivity contribution in [2.45, 2.75) is 63.1 Å². The van der Waals surface area contributed by atoms with Crippen LogP contribution in [0.25, 0.3) is 0 Å². The highest BCUT2D eigenvalue weighted by molar-refractivity contribution is 8.93. The monoisotopic (exact) mass is 756 g/mol. The van der Waals surface area contributed by atoms with E-state index in [0.717, 1.165) is 36.7 Å². The SMILES string of the molecule is CS(C)(CNC(=O)OC1CCC=CCCC1)SCOC1C[C@H](n2ccc(N)nc2=O)O[C@@H]1COP(=O)(O)OP(=O)(O)OP(=O)(O)O. The zero-order valence-electron chi connectivity index (χ0n) is 24.9. The van der Waals surface area contributed by atoms with Gasteiger partial charge in [-0.2, -0.15) is 22.7 Å². The molecule has 0 bridgehead atoms. The number of nitrogens with zero attached hydrogens (tertiary/aromatic N) is 2. The van der Waals surface area contributed by atoms with E-state index < -0.39 is 69.4 Å². The number of amides is 1. The third kappa shape index (κ3) is 14.1. The van der Waals surface area contributed by atoms with Gasteiger partial charge in [0.2, 0.25) is 0 Å². The molecule has 0 aromatic carbocycles. The molecule has 19 nitrogen and oxygen atoms in total. The van der Waals surface area contributed by atoms with Crippen molar-refractivity contribution in [3.8, 4) is 0 Å². The molecule has 1 aliphatic heterocycles. The van der Waals surface area contributed by atoms with Crippen LogP contribution in [-0.2, 0) is 41.1 Å². The second kappa shape index (κ2) is 16.9. The van der Waals surface area contributed by atoms with Crippen LogP contribution < -0.4 is 16.7 Å². The third-order valence-corrected chi connectivity index (χ3v) is 14.4. The number of alkyl carbamates (subject to hydrolysis) is 1. The molecular weight excluding hydrogens is 717 g/mol. The van der Waals surface area contributed by atoms with Crippen molar-refractivity contribution in [2.75, 3.05) is 36.7 Å². The molecule has 3 rings (SSSR count). The van der Waals surface area contributed by atoms with E-state index in [4.69, 9.17) is 34.3 Å². The Morgan fingerprint density at radius 1 is 1.15 bits per heavy atom. The maximum Gasteiger partial charge on any atom is 0.490 e. The van der Waals surface area contributed by atoms with Gasteiger partial charge in [0.05, 0.1) is 18.6 Å². The fourth-order valence-electron chi connectivity index (χ4n) is 4.27. The van der Waals surface area contributed by atoms with E-state index in [-0.39, 0.29) is 24.3 Å². The summed E-state index contributed by atoms with van der Waals surface area (Å²) in [6, 6.07) is 1.36. The van der Waals surface area contributed by atoms with E-state index in [1.807, 2.05) is 12.5 Å². The van der Waals surface area contributed by atoms with Gasteiger partial charge in [0.25, 0.3) is 0 Å². The summed E-state index contributed by atoms with van der Waals surface area (Å²) < 4.78 is 65.5. The summed E-state index contributed by atoms with van der Waals surface area (Å²) in [5.41, 5.74) is 4.81. The van der Waals surface area contributed by atoms with Crippen LogP contribution in [0.2, 0.25) is 0 Å². The number of carbonyl (C=O) groups excluding carboxylic acids is 1. The van der Waals surface area contributed by atoms with Gasteiger partial charge < -0.3 is 44.8 Å². The van der Waals surface area contributed by atoms with Crippen molar-refractivity contribution < 1.29 is 65.4 Å². The largest absolute Gasteiger partial charge is 0.490 e. The van der Waals surface area contributed by atoms with Crippen LogP contribution in [0.5, 0.6) is 0 Å². The van der Waals surface area contributed by atoms with Crippen molar-refractivity contribution in [3.05, 3.63) is 34.9 Å². The summed E-state index contributed by atoms with van der Waals surface area (Å²) in [5, 5.41) is 2.81. The number of hydrogen-bond donors (Lipinski definition) is 6. The highest BCUT2D eigenvalue weighted by Gasteiger charge is 2.43. The number of carbonyl (C=O) groups is 1. The number of phosphoric acid groups is 3. The van der Waals surface area contributed by atoms with E-state index >= 15 is 0 Å². The molecule has 2 aliphatic rings. The van der Waals surface area contributed by atoms with Gasteiger partial charge in [-0.15, -0.1) is 0 Å². The Balaban J connectivity index is 1.58. The van der Waals surface area contributed by atoms with Crippen LogP contribution in [-0.4, -0.2) is 84.5 Å². The number of nitrogens with two attached hydrogens (primary N) is 1. The third-order valence-electron chi connectivity index (χ3n) is 6.37. The molecule has 4 unspecified atom stereocenters. The lowest BCUT2D eigenvalue weighted by molar-refractivity contribution is -0.0543. The number of allylic oxidation sites excluding steroid dienone is 2. The highest BCUT2D eigenvalue weighted by atomic mass is 33.2. The molecule has 1 fully saturated rings. The van der Waals surface area contributed by atoms with Crippen molar-refractivity contribution in [3.63, 3.8) is 0 Å². The van der Waals surface area contributed by atoms with E-state index in [2.05, 4.69) is 31.1 Å². The normalized spacial score (nSPS) is 25.5. The Bertz CT molecular complexity index is 1430. The number of rotatable bonds is 15. The number of nitrogen functional groups attached to an aromatic ring is 1. The minimum absolute atomic E-state index is 0.0304. The Morgan fingerprint density at radius 3 is 2.57 bits per heavy atom. The summed E-state index contributed by atoms with van der Waals surface area (Å²) in [5.74, 6) is 0.352. The Hall–Kier alpha value is -1.28. The number of nitrogens with one attached hydrogen (secondary N) is 1. The zero-order chi connectivity index (χ0) is 34.2. The van der Waals surface area contributed by atoms with Crippen LogP contribution in [0.4, 0.5) is 10.6 Å². The van der Waals surface area contributed by atoms with Crippen molar-refractivity contribution >= 4 is 55.2 Å². The smallest absolute Gasteiger partial charge is 0.446 e. The number of anilines is 1. The lowest BCUT2D eigenvalue weighted by Crippen LogP contribution is -2.31. The van der Waals surface area contributed by atoms with Crippen molar-refractivity contribution in [1.29, 1.82) is 0 Å². The first-order valence-corrected chi connectivity index (χ1v) is 22.3. The topological polar surface area (TPSA) is 278 Å². The molecule has 0 saturated carbocycles. The minimum atomic E-state index is -5.73. The average molecular weight is 757 g/mol. The van der Waals surface area contributed by atoms with Crippen LogP contribution in [0.1, 0.15) is 44.8 Å². The lowest BCUT2D eigenvalue weighted by Gasteiger charge is -2.31. The van der Waals surface area contributed by atoms with Gasteiger partial charge in [0, 0.05) is 12.6 Å². The lowest BCUT2D eigenvalue weighted by atomic mass is 10.0. The molecule has 1 amide bonds. The number of hydrogen-bond acceptors (Lipinski definition) is 14. The average Bonchev–Trinajstić information content (AvgIpc) is 3.28. The summed E-state index contributed by atoms with van der Waals surface area (Å²) in [4.78, 5) is 65.2. The maximum absolute atomic E-state index is 12.4. The minimum Gasteiger partial charge on any atom is -0.446 e. The molecule has 2 heterocycles. The van der Waals surface area contributed by atoms with Gasteiger partial charge in [-0.3, -0.25) is 9.09 Å². The number of ether oxygens (including phenoxy) is 3. The molecule has 0 spiro atoms. The van der Waals surface area contributed by atoms with Gasteiger partial charge >= 0.3 is 35.3 Å². The van der Waals surface area contributed by atoms with E-state index in [0.29, 0.717) is 5.88 Å². The highest BCUT2D eigenvalue weighted by Crippen LogP contribution is 2.66. The molecular formula is C22H39N4O15P3S2. The standard InChI is InChI=1S/C22H39N4O15P3S2/c1-46(2,14-24-22(28)38-16-8-6-4-3-5-7-9-16)45-15-36-17-12-20(26-11-10-19(23)25-21(26)27)39-18(17)13-37-43(32,33)41-44(34,35)40-42(29,30)31/h3-4,10-11,16-18,20H,5-9,12-15H2,1-2H3,(H,24,28)(H,32,33)(H,34,35)(H2,23,25,27)(H2,29,30,31)/t16?,17?,18-,20-/m1/s1. The van der Waals surface area contributed by atoms with Gasteiger partial charge in [-0.1, -0.05) is 22.9 Å². The van der Waals surface area contributed by atoms with Crippen LogP contribution in [0.3, 0.4) is 0 Å². The first-order chi connectivity index (χ1) is 21.3. The van der Waals surface area contributed by atoms with Gasteiger partial charge in [-0.25, -0.2) is 23.3 Å².